The lowest BCUT2D eigenvalue weighted by atomic mass is 9.82. The molecule has 1 aliphatic carbocycles. The smallest absolute Gasteiger partial charge is 0.0940 e. The Morgan fingerprint density at radius 2 is 1.15 bits per heavy atom. The third-order valence-electron chi connectivity index (χ3n) is 11.0. The SMILES string of the molecule is Cc1ccccc1-c1c(Cc2nc3ccccc3nc2-c2cccc3c2Sc2ccccc2S3)c2c(c3ccccc13)-c1c(ccc3ccccc13)C2. The first-order chi connectivity index (χ1) is 26.2. The number of aryl methyl sites for hydroxylation is 1. The van der Waals surface area contributed by atoms with Crippen molar-refractivity contribution in [3.8, 4) is 33.5 Å². The van der Waals surface area contributed by atoms with Crippen molar-refractivity contribution in [2.24, 2.45) is 0 Å². The van der Waals surface area contributed by atoms with E-state index in [2.05, 4.69) is 159 Å². The summed E-state index contributed by atoms with van der Waals surface area (Å²) in [6.45, 7) is 2.24. The molecule has 0 unspecified atom stereocenters. The third kappa shape index (κ3) is 4.90. The fourth-order valence-electron chi connectivity index (χ4n) is 8.61. The Morgan fingerprint density at radius 1 is 0.509 bits per heavy atom. The van der Waals surface area contributed by atoms with Gasteiger partial charge in [0, 0.05) is 31.6 Å². The predicted molar refractivity (Wildman–Crippen MR) is 222 cm³/mol. The quantitative estimate of drug-likeness (QED) is 0.181. The van der Waals surface area contributed by atoms with Crippen LogP contribution in [0.5, 0.6) is 0 Å². The fraction of sp³-hybridized carbons (Fsp3) is 0.0612. The number of rotatable bonds is 4. The van der Waals surface area contributed by atoms with E-state index in [1.807, 2.05) is 23.5 Å². The molecule has 1 aromatic heterocycles. The Balaban J connectivity index is 1.21. The van der Waals surface area contributed by atoms with Gasteiger partial charge in [-0.1, -0.05) is 145 Å². The van der Waals surface area contributed by atoms with E-state index in [4.69, 9.17) is 9.97 Å². The summed E-state index contributed by atoms with van der Waals surface area (Å²) >= 11 is 3.70. The molecule has 0 radical (unpaired) electrons. The van der Waals surface area contributed by atoms with Crippen LogP contribution in [0.15, 0.2) is 171 Å². The Hall–Kier alpha value is -5.68. The van der Waals surface area contributed by atoms with Gasteiger partial charge in [-0.25, -0.2) is 9.97 Å². The molecule has 2 heterocycles. The van der Waals surface area contributed by atoms with E-state index in [0.29, 0.717) is 6.42 Å². The van der Waals surface area contributed by atoms with E-state index in [9.17, 15) is 0 Å². The van der Waals surface area contributed by atoms with Crippen LogP contribution in [0.3, 0.4) is 0 Å². The zero-order chi connectivity index (χ0) is 35.0. The van der Waals surface area contributed by atoms with E-state index in [1.165, 1.54) is 85.6 Å². The van der Waals surface area contributed by atoms with E-state index in [1.54, 1.807) is 0 Å². The van der Waals surface area contributed by atoms with Crippen LogP contribution in [0, 0.1) is 6.92 Å². The molecule has 0 N–H and O–H groups in total. The van der Waals surface area contributed by atoms with Crippen molar-refractivity contribution < 1.29 is 0 Å². The van der Waals surface area contributed by atoms with Gasteiger partial charge in [0.2, 0.25) is 0 Å². The van der Waals surface area contributed by atoms with Gasteiger partial charge in [0.15, 0.2) is 0 Å². The number of para-hydroxylation sites is 2. The van der Waals surface area contributed by atoms with E-state index >= 15 is 0 Å². The molecule has 1 aliphatic heterocycles. The van der Waals surface area contributed by atoms with Gasteiger partial charge in [0.05, 0.1) is 22.4 Å². The zero-order valence-corrected chi connectivity index (χ0v) is 30.7. The molecule has 0 spiro atoms. The average molecular weight is 713 g/mol. The normalized spacial score (nSPS) is 12.8. The number of benzene rings is 8. The van der Waals surface area contributed by atoms with Gasteiger partial charge in [-0.2, -0.15) is 0 Å². The Bertz CT molecular complexity index is 2980. The van der Waals surface area contributed by atoms with Gasteiger partial charge in [-0.3, -0.25) is 0 Å². The van der Waals surface area contributed by atoms with Crippen LogP contribution in [0.1, 0.15) is 27.9 Å². The predicted octanol–water partition coefficient (Wildman–Crippen LogP) is 13.4. The van der Waals surface area contributed by atoms with E-state index in [0.717, 1.165) is 34.4 Å². The summed E-state index contributed by atoms with van der Waals surface area (Å²) in [4.78, 5) is 16.1. The van der Waals surface area contributed by atoms with Gasteiger partial charge in [-0.15, -0.1) is 0 Å². The first-order valence-electron chi connectivity index (χ1n) is 18.2. The van der Waals surface area contributed by atoms with Crippen LogP contribution in [-0.4, -0.2) is 9.97 Å². The van der Waals surface area contributed by atoms with Gasteiger partial charge in [0.1, 0.15) is 0 Å². The molecular formula is C49H32N2S2. The zero-order valence-electron chi connectivity index (χ0n) is 29.1. The van der Waals surface area contributed by atoms with Crippen LogP contribution in [0.25, 0.3) is 66.1 Å². The minimum atomic E-state index is 0.661. The highest BCUT2D eigenvalue weighted by Gasteiger charge is 2.31. The molecule has 2 aliphatic rings. The van der Waals surface area contributed by atoms with Crippen molar-refractivity contribution >= 4 is 56.1 Å². The Morgan fingerprint density at radius 3 is 1.98 bits per heavy atom. The number of fused-ring (bicyclic) bond motifs is 10. The second-order valence-corrected chi connectivity index (χ2v) is 16.2. The monoisotopic (exact) mass is 712 g/mol. The molecular weight excluding hydrogens is 681 g/mol. The van der Waals surface area contributed by atoms with Crippen molar-refractivity contribution in [3.63, 3.8) is 0 Å². The molecule has 250 valence electrons. The largest absolute Gasteiger partial charge is 0.249 e. The summed E-state index contributed by atoms with van der Waals surface area (Å²) in [6.07, 6.45) is 1.54. The number of nitrogens with zero attached hydrogens (tertiary/aromatic N) is 2. The molecule has 2 nitrogen and oxygen atoms in total. The van der Waals surface area contributed by atoms with Gasteiger partial charge in [-0.05, 0) is 110 Å². The molecule has 0 fully saturated rings. The molecule has 0 atom stereocenters. The lowest BCUT2D eigenvalue weighted by Crippen LogP contribution is -2.06. The van der Waals surface area contributed by atoms with Crippen molar-refractivity contribution in [2.75, 3.05) is 0 Å². The summed E-state index contributed by atoms with van der Waals surface area (Å²) in [7, 11) is 0. The standard InChI is InChI=1S/C49H32N2S2/c1-29-13-2-4-15-32(29)46-34-17-6-7-18-35(34)47-37(27-31-26-25-30-14-3-5-16-33(30)45(31)47)38(46)28-41-48(51-40-21-9-8-20-39(40)50-41)36-19-12-24-44-49(36)53-43-23-11-10-22-42(43)52-44/h2-26H,27-28H2,1H3. The summed E-state index contributed by atoms with van der Waals surface area (Å²) < 4.78 is 0. The highest BCUT2D eigenvalue weighted by molar-refractivity contribution is 8.05. The maximum Gasteiger partial charge on any atom is 0.0940 e. The Kier molecular flexibility index (Phi) is 7.11. The molecule has 4 heteroatoms. The van der Waals surface area contributed by atoms with Gasteiger partial charge in [0.25, 0.3) is 0 Å². The van der Waals surface area contributed by atoms with Crippen LogP contribution >= 0.6 is 23.5 Å². The third-order valence-corrected chi connectivity index (χ3v) is 13.6. The van der Waals surface area contributed by atoms with E-state index < -0.39 is 0 Å². The highest BCUT2D eigenvalue weighted by Crippen LogP contribution is 2.53. The maximum absolute atomic E-state index is 5.52. The molecule has 0 bridgehead atoms. The summed E-state index contributed by atoms with van der Waals surface area (Å²) in [5.41, 5.74) is 15.7. The maximum atomic E-state index is 5.52. The number of aromatic nitrogens is 2. The highest BCUT2D eigenvalue weighted by atomic mass is 32.2. The van der Waals surface area contributed by atoms with Crippen LogP contribution in [0.4, 0.5) is 0 Å². The minimum Gasteiger partial charge on any atom is -0.249 e. The molecule has 0 amide bonds. The molecule has 0 saturated heterocycles. The average Bonchev–Trinajstić information content (AvgIpc) is 3.61. The van der Waals surface area contributed by atoms with Crippen molar-refractivity contribution in [1.82, 2.24) is 9.97 Å². The lowest BCUT2D eigenvalue weighted by molar-refractivity contribution is 1.04. The lowest BCUT2D eigenvalue weighted by Gasteiger charge is -2.23. The summed E-state index contributed by atoms with van der Waals surface area (Å²) in [6, 6.07) is 55.2. The molecule has 53 heavy (non-hydrogen) atoms. The van der Waals surface area contributed by atoms with Gasteiger partial charge < -0.3 is 0 Å². The number of hydrogen-bond acceptors (Lipinski definition) is 4. The van der Waals surface area contributed by atoms with Crippen LogP contribution in [0.2, 0.25) is 0 Å². The molecule has 9 aromatic rings. The second kappa shape index (κ2) is 12.2. The first kappa shape index (κ1) is 30.9. The summed E-state index contributed by atoms with van der Waals surface area (Å²) in [5, 5.41) is 5.20. The van der Waals surface area contributed by atoms with Crippen LogP contribution < -0.4 is 0 Å². The van der Waals surface area contributed by atoms with Gasteiger partial charge >= 0.3 is 0 Å². The second-order valence-electron chi connectivity index (χ2n) is 14.0. The molecule has 11 rings (SSSR count). The first-order valence-corrected chi connectivity index (χ1v) is 19.8. The Labute approximate surface area is 317 Å². The van der Waals surface area contributed by atoms with E-state index in [-0.39, 0.29) is 0 Å². The molecule has 8 aromatic carbocycles. The van der Waals surface area contributed by atoms with Crippen LogP contribution in [-0.2, 0) is 12.8 Å². The van der Waals surface area contributed by atoms with Crippen molar-refractivity contribution in [2.45, 2.75) is 39.3 Å². The van der Waals surface area contributed by atoms with Crippen molar-refractivity contribution in [1.29, 1.82) is 0 Å². The minimum absolute atomic E-state index is 0.661. The molecule has 0 saturated carbocycles. The number of hydrogen-bond donors (Lipinski definition) is 0. The summed E-state index contributed by atoms with van der Waals surface area (Å²) in [5.74, 6) is 0. The fourth-order valence-corrected chi connectivity index (χ4v) is 11.0. The topological polar surface area (TPSA) is 25.8 Å². The van der Waals surface area contributed by atoms with Crippen molar-refractivity contribution in [3.05, 3.63) is 180 Å².